The van der Waals surface area contributed by atoms with Crippen molar-refractivity contribution < 1.29 is 9.90 Å². The molecule has 0 aromatic rings. The summed E-state index contributed by atoms with van der Waals surface area (Å²) in [5.74, 6) is -0.231. The monoisotopic (exact) mass is 149 g/mol. The second-order valence-electron chi connectivity index (χ2n) is 1.43. The van der Waals surface area contributed by atoms with Gasteiger partial charge in [0.25, 0.3) is 5.91 Å². The van der Waals surface area contributed by atoms with Gasteiger partial charge in [-0.3, -0.25) is 9.10 Å². The molecule has 3 nitrogen and oxygen atoms in total. The lowest BCUT2D eigenvalue weighted by Gasteiger charge is -2.14. The van der Waals surface area contributed by atoms with E-state index in [1.807, 2.05) is 6.92 Å². The van der Waals surface area contributed by atoms with E-state index in [1.54, 1.807) is 6.26 Å². The summed E-state index contributed by atoms with van der Waals surface area (Å²) >= 11 is 1.33. The van der Waals surface area contributed by atoms with Crippen LogP contribution in [0.4, 0.5) is 0 Å². The summed E-state index contributed by atoms with van der Waals surface area (Å²) in [5.41, 5.74) is 0. The summed E-state index contributed by atoms with van der Waals surface area (Å²) in [4.78, 5) is 10.6. The molecular weight excluding hydrogens is 138 g/mol. The summed E-state index contributed by atoms with van der Waals surface area (Å²) in [6.45, 7) is 2.11. The van der Waals surface area contributed by atoms with Crippen LogP contribution in [0.25, 0.3) is 0 Å². The van der Waals surface area contributed by atoms with Crippen LogP contribution in [-0.4, -0.2) is 34.7 Å². The van der Waals surface area contributed by atoms with Crippen molar-refractivity contribution in [2.75, 3.05) is 19.4 Å². The van der Waals surface area contributed by atoms with Crippen molar-refractivity contribution in [3.05, 3.63) is 0 Å². The summed E-state index contributed by atoms with van der Waals surface area (Å²) in [5, 5.41) is 8.36. The summed E-state index contributed by atoms with van der Waals surface area (Å²) in [6.07, 6.45) is 1.80. The Morgan fingerprint density at radius 3 is 2.44 bits per heavy atom. The molecule has 0 fully saturated rings. The Kier molecular flexibility index (Phi) is 4.53. The third kappa shape index (κ3) is 2.72. The molecule has 0 atom stereocenters. The van der Waals surface area contributed by atoms with Crippen molar-refractivity contribution in [3.8, 4) is 0 Å². The normalized spacial score (nSPS) is 9.22. The molecule has 0 bridgehead atoms. The van der Waals surface area contributed by atoms with Gasteiger partial charge in [0.05, 0.1) is 0 Å². The van der Waals surface area contributed by atoms with E-state index in [0.717, 1.165) is 0 Å². The zero-order chi connectivity index (χ0) is 7.28. The maximum Gasteiger partial charge on any atom is 0.258 e. The molecule has 0 saturated carbocycles. The Hall–Kier alpha value is -0.220. The van der Waals surface area contributed by atoms with Crippen molar-refractivity contribution in [3.63, 3.8) is 0 Å². The van der Waals surface area contributed by atoms with Gasteiger partial charge in [-0.1, -0.05) is 11.9 Å². The highest BCUT2D eigenvalue weighted by Crippen LogP contribution is 2.02. The van der Waals surface area contributed by atoms with Crippen molar-refractivity contribution >= 4 is 17.9 Å². The maximum atomic E-state index is 10.6. The standard InChI is InChI=1S/C5H11NO2S/c1-3-6(9-2)5(8)4-7/h7H,3-4H2,1-2H3. The molecule has 0 aliphatic rings. The van der Waals surface area contributed by atoms with Crippen LogP contribution >= 0.6 is 11.9 Å². The fraction of sp³-hybridized carbons (Fsp3) is 0.800. The molecule has 0 aliphatic carbocycles. The lowest BCUT2D eigenvalue weighted by atomic mass is 10.6. The molecule has 4 heteroatoms. The quantitative estimate of drug-likeness (QED) is 0.579. The molecule has 0 heterocycles. The van der Waals surface area contributed by atoms with Gasteiger partial charge in [-0.25, -0.2) is 0 Å². The Balaban J connectivity index is 3.64. The molecule has 0 rings (SSSR count). The first-order valence-electron chi connectivity index (χ1n) is 2.71. The van der Waals surface area contributed by atoms with Gasteiger partial charge in [0, 0.05) is 12.8 Å². The molecule has 9 heavy (non-hydrogen) atoms. The number of carbonyl (C=O) groups excluding carboxylic acids is 1. The van der Waals surface area contributed by atoms with Crippen molar-refractivity contribution in [1.29, 1.82) is 0 Å². The third-order valence-electron chi connectivity index (χ3n) is 0.921. The van der Waals surface area contributed by atoms with Gasteiger partial charge >= 0.3 is 0 Å². The first-order valence-corrected chi connectivity index (χ1v) is 3.89. The van der Waals surface area contributed by atoms with E-state index in [0.29, 0.717) is 6.54 Å². The van der Waals surface area contributed by atoms with E-state index in [1.165, 1.54) is 16.3 Å². The Labute approximate surface area is 59.2 Å². The van der Waals surface area contributed by atoms with Gasteiger partial charge in [-0.15, -0.1) is 0 Å². The van der Waals surface area contributed by atoms with Crippen LogP contribution < -0.4 is 0 Å². The topological polar surface area (TPSA) is 40.5 Å². The minimum absolute atomic E-state index is 0.231. The molecule has 0 unspecified atom stereocenters. The van der Waals surface area contributed by atoms with E-state index < -0.39 is 6.61 Å². The van der Waals surface area contributed by atoms with Gasteiger partial charge in [0.2, 0.25) is 0 Å². The van der Waals surface area contributed by atoms with E-state index in [-0.39, 0.29) is 5.91 Å². The fourth-order valence-corrected chi connectivity index (χ4v) is 1.01. The molecule has 54 valence electrons. The van der Waals surface area contributed by atoms with Crippen LogP contribution in [0.15, 0.2) is 0 Å². The molecular formula is C5H11NO2S. The van der Waals surface area contributed by atoms with Gasteiger partial charge in [0.1, 0.15) is 6.61 Å². The maximum absolute atomic E-state index is 10.6. The number of rotatable bonds is 3. The predicted molar refractivity (Wildman–Crippen MR) is 38.0 cm³/mol. The van der Waals surface area contributed by atoms with Crippen molar-refractivity contribution in [2.45, 2.75) is 6.92 Å². The first-order chi connectivity index (χ1) is 4.26. The van der Waals surface area contributed by atoms with Crippen molar-refractivity contribution in [2.24, 2.45) is 0 Å². The lowest BCUT2D eigenvalue weighted by molar-refractivity contribution is -0.128. The average Bonchev–Trinajstić information content (AvgIpc) is 1.90. The highest BCUT2D eigenvalue weighted by atomic mass is 32.2. The SMILES string of the molecule is CCN(SC)C(=O)CO. The number of hydrogen-bond acceptors (Lipinski definition) is 3. The largest absolute Gasteiger partial charge is 0.386 e. The Morgan fingerprint density at radius 2 is 2.33 bits per heavy atom. The average molecular weight is 149 g/mol. The Morgan fingerprint density at radius 1 is 1.78 bits per heavy atom. The second-order valence-corrected chi connectivity index (χ2v) is 2.24. The van der Waals surface area contributed by atoms with E-state index >= 15 is 0 Å². The summed E-state index contributed by atoms with van der Waals surface area (Å²) in [7, 11) is 0. The zero-order valence-electron chi connectivity index (χ0n) is 5.63. The number of carbonyl (C=O) groups is 1. The van der Waals surface area contributed by atoms with Crippen LogP contribution in [0.3, 0.4) is 0 Å². The van der Waals surface area contributed by atoms with Crippen LogP contribution in [0.1, 0.15) is 6.92 Å². The van der Waals surface area contributed by atoms with Crippen LogP contribution in [0, 0.1) is 0 Å². The molecule has 0 aromatic carbocycles. The molecule has 0 aliphatic heterocycles. The lowest BCUT2D eigenvalue weighted by Crippen LogP contribution is -2.26. The predicted octanol–water partition coefficient (Wildman–Crippen LogP) is 0.105. The number of hydrogen-bond donors (Lipinski definition) is 1. The zero-order valence-corrected chi connectivity index (χ0v) is 6.44. The van der Waals surface area contributed by atoms with Gasteiger partial charge in [-0.05, 0) is 6.92 Å². The van der Waals surface area contributed by atoms with Crippen LogP contribution in [0.2, 0.25) is 0 Å². The minimum Gasteiger partial charge on any atom is -0.386 e. The summed E-state index contributed by atoms with van der Waals surface area (Å²) < 4.78 is 1.50. The van der Waals surface area contributed by atoms with Gasteiger partial charge in [0.15, 0.2) is 0 Å². The number of aliphatic hydroxyl groups is 1. The molecule has 0 radical (unpaired) electrons. The molecule has 0 spiro atoms. The number of likely N-dealkylation sites (N-methyl/N-ethyl adjacent to an activating group) is 1. The fourth-order valence-electron chi connectivity index (χ4n) is 0.486. The van der Waals surface area contributed by atoms with Crippen LogP contribution in [0.5, 0.6) is 0 Å². The summed E-state index contributed by atoms with van der Waals surface area (Å²) in [6, 6.07) is 0. The molecule has 1 amide bonds. The highest BCUT2D eigenvalue weighted by molar-refractivity contribution is 7.96. The third-order valence-corrected chi connectivity index (χ3v) is 1.82. The van der Waals surface area contributed by atoms with E-state index in [4.69, 9.17) is 5.11 Å². The minimum atomic E-state index is -0.394. The number of aliphatic hydroxyl groups excluding tert-OH is 1. The molecule has 0 aromatic heterocycles. The molecule has 0 saturated heterocycles. The highest BCUT2D eigenvalue weighted by Gasteiger charge is 2.06. The Bertz CT molecular complexity index is 93.0. The smallest absolute Gasteiger partial charge is 0.258 e. The van der Waals surface area contributed by atoms with Gasteiger partial charge in [-0.2, -0.15) is 0 Å². The van der Waals surface area contributed by atoms with E-state index in [2.05, 4.69) is 0 Å². The van der Waals surface area contributed by atoms with Crippen molar-refractivity contribution in [1.82, 2.24) is 4.31 Å². The second kappa shape index (κ2) is 4.64. The van der Waals surface area contributed by atoms with Crippen LogP contribution in [-0.2, 0) is 4.79 Å². The van der Waals surface area contributed by atoms with Gasteiger partial charge < -0.3 is 5.11 Å². The molecule has 1 N–H and O–H groups in total. The van der Waals surface area contributed by atoms with E-state index in [9.17, 15) is 4.79 Å². The number of nitrogens with zero attached hydrogens (tertiary/aromatic N) is 1. The first kappa shape index (κ1) is 8.78. The number of amides is 1.